The highest BCUT2D eigenvalue weighted by Crippen LogP contribution is 2.51. The van der Waals surface area contributed by atoms with E-state index in [9.17, 15) is 10.1 Å². The van der Waals surface area contributed by atoms with E-state index in [1.54, 1.807) is 0 Å². The van der Waals surface area contributed by atoms with Crippen LogP contribution in [0.1, 0.15) is 11.9 Å². The average Bonchev–Trinajstić information content (AvgIpc) is 3.32. The van der Waals surface area contributed by atoms with Crippen molar-refractivity contribution in [1.29, 1.82) is 0 Å². The van der Waals surface area contributed by atoms with Gasteiger partial charge < -0.3 is 18.9 Å². The van der Waals surface area contributed by atoms with E-state index in [1.807, 2.05) is 30.3 Å². The topological polar surface area (TPSA) is 92.6 Å². The molecule has 6 atom stereocenters. The van der Waals surface area contributed by atoms with Crippen molar-refractivity contribution in [2.24, 2.45) is 0 Å². The third-order valence-electron chi connectivity index (χ3n) is 4.23. The molecule has 0 radical (unpaired) electrons. The number of methoxy groups -OCH3 is 1. The predicted octanol–water partition coefficient (Wildman–Crippen LogP) is 0.844. The Balaban J connectivity index is 1.57. The molecule has 1 aromatic rings. The second-order valence-electron chi connectivity index (χ2n) is 5.47. The Morgan fingerprint density at radius 3 is 2.77 bits per heavy atom. The number of epoxide rings is 1. The van der Waals surface area contributed by atoms with Gasteiger partial charge in [0.05, 0.1) is 11.5 Å². The predicted molar refractivity (Wildman–Crippen MR) is 70.3 cm³/mol. The number of nitrogens with zero attached hydrogens (tertiary/aromatic N) is 1. The van der Waals surface area contributed by atoms with Crippen molar-refractivity contribution < 1.29 is 28.6 Å². The first-order valence-electron chi connectivity index (χ1n) is 6.99. The van der Waals surface area contributed by atoms with E-state index >= 15 is 0 Å². The van der Waals surface area contributed by atoms with Crippen LogP contribution in [-0.4, -0.2) is 49.0 Å². The second kappa shape index (κ2) is 4.97. The molecule has 3 fully saturated rings. The summed E-state index contributed by atoms with van der Waals surface area (Å²) in [6.45, 7) is 0.262. The largest absolute Gasteiger partial charge is 0.405 e. The molecule has 0 amide bonds. The molecule has 0 spiro atoms. The van der Waals surface area contributed by atoms with Gasteiger partial charge in [-0.1, -0.05) is 30.3 Å². The molecule has 0 unspecified atom stereocenters. The van der Waals surface area contributed by atoms with Crippen LogP contribution in [0.3, 0.4) is 0 Å². The van der Waals surface area contributed by atoms with E-state index in [2.05, 4.69) is 0 Å². The minimum atomic E-state index is -1.67. The van der Waals surface area contributed by atoms with Gasteiger partial charge >= 0.3 is 5.72 Å². The Hall–Kier alpha value is -1.58. The number of rotatable bonds is 3. The third kappa shape index (κ3) is 1.89. The van der Waals surface area contributed by atoms with Gasteiger partial charge in [-0.15, -0.1) is 0 Å². The number of fused-ring (bicyclic) bond motifs is 3. The summed E-state index contributed by atoms with van der Waals surface area (Å²) < 4.78 is 27.6. The van der Waals surface area contributed by atoms with Gasteiger partial charge in [0.15, 0.2) is 12.4 Å². The van der Waals surface area contributed by atoms with Crippen molar-refractivity contribution in [2.45, 2.75) is 36.6 Å². The van der Waals surface area contributed by atoms with Crippen LogP contribution < -0.4 is 0 Å². The minimum absolute atomic E-state index is 0.262. The Kier molecular flexibility index (Phi) is 3.17. The standard InChI is InChI=1S/C14H15NO7/c1-18-13-14(15(16)17)11(22-14)10-9(20-13)7-19-12(21-10)8-5-3-2-4-6-8/h2-6,9-13H,7H2,1H3/t9-,10-,11+,12-,13-,14+/m1/s1. The van der Waals surface area contributed by atoms with Crippen LogP contribution >= 0.6 is 0 Å². The highest BCUT2D eigenvalue weighted by molar-refractivity contribution is 5.17. The van der Waals surface area contributed by atoms with Crippen LogP contribution in [-0.2, 0) is 23.7 Å². The fraction of sp³-hybridized carbons (Fsp3) is 0.571. The molecule has 4 rings (SSSR count). The summed E-state index contributed by atoms with van der Waals surface area (Å²) in [5.74, 6) is 0. The van der Waals surface area contributed by atoms with Crippen molar-refractivity contribution in [3.8, 4) is 0 Å². The van der Waals surface area contributed by atoms with Gasteiger partial charge in [0.2, 0.25) is 0 Å². The first-order chi connectivity index (χ1) is 10.7. The molecule has 8 nitrogen and oxygen atoms in total. The molecule has 0 aromatic heterocycles. The van der Waals surface area contributed by atoms with Crippen LogP contribution in [0, 0.1) is 10.1 Å². The highest BCUT2D eigenvalue weighted by atomic mass is 16.8. The summed E-state index contributed by atoms with van der Waals surface area (Å²) in [4.78, 5) is 10.8. The molecule has 0 N–H and O–H groups in total. The van der Waals surface area contributed by atoms with Crippen molar-refractivity contribution in [2.75, 3.05) is 13.7 Å². The first-order valence-corrected chi connectivity index (χ1v) is 6.99. The Labute approximate surface area is 126 Å². The van der Waals surface area contributed by atoms with Crippen LogP contribution in [0.25, 0.3) is 0 Å². The van der Waals surface area contributed by atoms with Gasteiger partial charge in [0.25, 0.3) is 6.29 Å². The number of ether oxygens (including phenoxy) is 5. The van der Waals surface area contributed by atoms with E-state index in [1.165, 1.54) is 7.11 Å². The number of benzene rings is 1. The summed E-state index contributed by atoms with van der Waals surface area (Å²) >= 11 is 0. The zero-order chi connectivity index (χ0) is 15.3. The molecule has 3 saturated heterocycles. The lowest BCUT2D eigenvalue weighted by molar-refractivity contribution is -0.597. The van der Waals surface area contributed by atoms with Crippen LogP contribution in [0.4, 0.5) is 0 Å². The van der Waals surface area contributed by atoms with Gasteiger partial charge in [0.1, 0.15) is 12.2 Å². The Morgan fingerprint density at radius 1 is 1.32 bits per heavy atom. The molecule has 3 aliphatic heterocycles. The lowest BCUT2D eigenvalue weighted by atomic mass is 10.00. The van der Waals surface area contributed by atoms with Crippen molar-refractivity contribution in [3.05, 3.63) is 46.0 Å². The molecule has 22 heavy (non-hydrogen) atoms. The molecule has 0 saturated carbocycles. The third-order valence-corrected chi connectivity index (χ3v) is 4.23. The zero-order valence-corrected chi connectivity index (χ0v) is 11.8. The normalized spacial score (nSPS) is 43.0. The van der Waals surface area contributed by atoms with Gasteiger partial charge in [-0.05, 0) is 0 Å². The molecular formula is C14H15NO7. The number of nitro groups is 1. The Bertz CT molecular complexity index is 582. The molecule has 3 aliphatic rings. The van der Waals surface area contributed by atoms with Gasteiger partial charge in [-0.3, -0.25) is 14.9 Å². The van der Waals surface area contributed by atoms with Crippen LogP contribution in [0.15, 0.2) is 30.3 Å². The lowest BCUT2D eigenvalue weighted by Crippen LogP contribution is -2.58. The number of hydrogen-bond acceptors (Lipinski definition) is 7. The van der Waals surface area contributed by atoms with Crippen molar-refractivity contribution >= 4 is 0 Å². The van der Waals surface area contributed by atoms with Gasteiger partial charge in [-0.2, -0.15) is 0 Å². The average molecular weight is 309 g/mol. The van der Waals surface area contributed by atoms with Crippen LogP contribution in [0.5, 0.6) is 0 Å². The lowest BCUT2D eigenvalue weighted by Gasteiger charge is -2.39. The second-order valence-corrected chi connectivity index (χ2v) is 5.47. The molecule has 0 aliphatic carbocycles. The minimum Gasteiger partial charge on any atom is -0.348 e. The maximum absolute atomic E-state index is 11.3. The van der Waals surface area contributed by atoms with E-state index in [0.717, 1.165) is 5.56 Å². The Morgan fingerprint density at radius 2 is 2.09 bits per heavy atom. The van der Waals surface area contributed by atoms with Crippen molar-refractivity contribution in [3.63, 3.8) is 0 Å². The van der Waals surface area contributed by atoms with E-state index < -0.39 is 41.5 Å². The molecular weight excluding hydrogens is 294 g/mol. The fourth-order valence-electron chi connectivity index (χ4n) is 3.09. The maximum atomic E-state index is 11.3. The van der Waals surface area contributed by atoms with Crippen molar-refractivity contribution in [1.82, 2.24) is 0 Å². The molecule has 0 bridgehead atoms. The van der Waals surface area contributed by atoms with Gasteiger partial charge in [0, 0.05) is 12.7 Å². The van der Waals surface area contributed by atoms with E-state index in [0.29, 0.717) is 0 Å². The molecule has 118 valence electrons. The van der Waals surface area contributed by atoms with Crippen LogP contribution in [0.2, 0.25) is 0 Å². The molecule has 8 heteroatoms. The summed E-state index contributed by atoms with van der Waals surface area (Å²) in [5.41, 5.74) is -0.823. The highest BCUT2D eigenvalue weighted by Gasteiger charge is 2.82. The smallest absolute Gasteiger partial charge is 0.348 e. The van der Waals surface area contributed by atoms with E-state index in [4.69, 9.17) is 23.7 Å². The summed E-state index contributed by atoms with van der Waals surface area (Å²) in [7, 11) is 1.35. The fourth-order valence-corrected chi connectivity index (χ4v) is 3.09. The molecule has 3 heterocycles. The summed E-state index contributed by atoms with van der Waals surface area (Å²) in [5, 5.41) is 11.3. The quantitative estimate of drug-likeness (QED) is 0.464. The SMILES string of the molecule is CO[C@@H]1O[C@@H]2CO[C@@H](c3ccccc3)O[C@H]2[C@@H]2O[C@]12[N+](=O)[O-]. The van der Waals surface area contributed by atoms with E-state index in [-0.39, 0.29) is 6.61 Å². The number of hydrogen-bond donors (Lipinski definition) is 0. The maximum Gasteiger partial charge on any atom is 0.405 e. The summed E-state index contributed by atoms with van der Waals surface area (Å²) in [6.07, 6.45) is -3.35. The monoisotopic (exact) mass is 309 g/mol. The first kappa shape index (κ1) is 14.0. The summed E-state index contributed by atoms with van der Waals surface area (Å²) in [6, 6.07) is 9.40. The molecule has 1 aromatic carbocycles. The zero-order valence-electron chi connectivity index (χ0n) is 11.8. The van der Waals surface area contributed by atoms with Gasteiger partial charge in [-0.25, -0.2) is 0 Å².